The number of imidazole rings is 1. The smallest absolute Gasteiger partial charge is 0.264 e. The van der Waals surface area contributed by atoms with Crippen molar-refractivity contribution in [2.24, 2.45) is 5.92 Å². The number of halogens is 2. The molecule has 1 unspecified atom stereocenters. The molecule has 49 heavy (non-hydrogen) atoms. The molecule has 1 spiro atoms. The van der Waals surface area contributed by atoms with Gasteiger partial charge in [-0.3, -0.25) is 19.7 Å². The van der Waals surface area contributed by atoms with Crippen LogP contribution < -0.4 is 5.32 Å². The number of benzene rings is 2. The lowest BCUT2D eigenvalue weighted by molar-refractivity contribution is -0.118. The summed E-state index contributed by atoms with van der Waals surface area (Å²) in [7, 11) is 0. The fourth-order valence-electron chi connectivity index (χ4n) is 7.42. The number of fused-ring (bicyclic) bond motifs is 3. The highest BCUT2D eigenvalue weighted by Gasteiger charge is 2.50. The number of thiazole rings is 1. The second-order valence-corrected chi connectivity index (χ2v) is 14.5. The molecule has 2 aliphatic heterocycles. The van der Waals surface area contributed by atoms with Crippen LogP contribution in [0.4, 0.5) is 13.9 Å². The van der Waals surface area contributed by atoms with E-state index in [1.165, 1.54) is 27.6 Å². The van der Waals surface area contributed by atoms with Gasteiger partial charge in [-0.1, -0.05) is 24.0 Å². The summed E-state index contributed by atoms with van der Waals surface area (Å²) >= 11 is 1.30. The van der Waals surface area contributed by atoms with Crippen molar-refractivity contribution in [2.75, 3.05) is 25.0 Å². The second kappa shape index (κ2) is 12.8. The Kier molecular flexibility index (Phi) is 8.30. The number of nitrogens with one attached hydrogen (secondary N) is 1. The van der Waals surface area contributed by atoms with Crippen molar-refractivity contribution >= 4 is 33.3 Å². The topological polar surface area (TPSA) is 101 Å². The third-order valence-electron chi connectivity index (χ3n) is 10.5. The van der Waals surface area contributed by atoms with Gasteiger partial charge in [0.05, 0.1) is 17.5 Å². The van der Waals surface area contributed by atoms with Gasteiger partial charge in [0, 0.05) is 64.2 Å². The summed E-state index contributed by atoms with van der Waals surface area (Å²) in [6.07, 6.45) is 8.20. The molecule has 2 N–H and O–H groups in total. The molecule has 0 radical (unpaired) electrons. The lowest BCUT2D eigenvalue weighted by Crippen LogP contribution is -2.34. The lowest BCUT2D eigenvalue weighted by Gasteiger charge is -2.31. The second-order valence-electron chi connectivity index (χ2n) is 13.6. The SMILES string of the molecule is Cc1c(C#Cc2ccc(CN3CCC(CO)CC3)cc2)cc(C(F)F)c2cn(C(C(=O)Nc3nccs3)c3ncn4c3CCC43CC3)nc12. The number of hydrogen-bond acceptors (Lipinski definition) is 7. The summed E-state index contributed by atoms with van der Waals surface area (Å²) in [4.78, 5) is 25.2. The number of amides is 1. The molecule has 1 amide bonds. The van der Waals surface area contributed by atoms with Gasteiger partial charge in [-0.25, -0.2) is 18.7 Å². The molecule has 1 saturated heterocycles. The van der Waals surface area contributed by atoms with Crippen molar-refractivity contribution < 1.29 is 18.7 Å². The van der Waals surface area contributed by atoms with E-state index in [-0.39, 0.29) is 29.0 Å². The molecular formula is C37H37F2N7O2S. The number of piperidine rings is 1. The number of rotatable bonds is 8. The standard InChI is InChI=1S/C37H37F2N7O2S/c1-23-27(7-6-24-2-4-25(5-3-24)19-44-15-9-26(21-47)10-16-44)18-28(34(38)39)29-20-46(43-31(23)29)33(35(48)42-36-40-14-17-49-36)32-30-8-11-37(12-13-37)45(30)22-41-32/h2-5,14,17-18,20,22,26,33-34,47H,8-13,15-16,19,21H2,1H3,(H,40,42,48). The van der Waals surface area contributed by atoms with Crippen LogP contribution in [0.25, 0.3) is 10.9 Å². The number of hydrogen-bond donors (Lipinski definition) is 2. The van der Waals surface area contributed by atoms with E-state index < -0.39 is 12.5 Å². The van der Waals surface area contributed by atoms with E-state index in [0.717, 1.165) is 69.4 Å². The first-order chi connectivity index (χ1) is 23.8. The van der Waals surface area contributed by atoms with E-state index in [9.17, 15) is 18.7 Å². The fraction of sp³-hybridized carbons (Fsp3) is 0.405. The summed E-state index contributed by atoms with van der Waals surface area (Å²) in [6.45, 7) is 4.87. The number of likely N-dealkylation sites (tertiary alicyclic amines) is 1. The number of aliphatic hydroxyl groups excluding tert-OH is 1. The average molecular weight is 682 g/mol. The molecule has 3 aromatic heterocycles. The van der Waals surface area contributed by atoms with E-state index >= 15 is 0 Å². The van der Waals surface area contributed by atoms with Crippen molar-refractivity contribution in [3.63, 3.8) is 0 Å². The van der Waals surface area contributed by atoms with Crippen LogP contribution in [0.15, 0.2) is 54.4 Å². The highest BCUT2D eigenvalue weighted by atomic mass is 32.1. The molecule has 252 valence electrons. The number of aromatic nitrogens is 5. The molecule has 5 heterocycles. The Balaban J connectivity index is 1.11. The van der Waals surface area contributed by atoms with Gasteiger partial charge in [0.25, 0.3) is 12.3 Å². The van der Waals surface area contributed by atoms with Crippen LogP contribution in [0.3, 0.4) is 0 Å². The number of carbonyl (C=O) groups excluding carboxylic acids is 1. The molecular weight excluding hydrogens is 645 g/mol. The van der Waals surface area contributed by atoms with E-state index in [2.05, 4.69) is 43.7 Å². The molecule has 2 fully saturated rings. The minimum atomic E-state index is -2.77. The summed E-state index contributed by atoms with van der Waals surface area (Å²) in [6, 6.07) is 8.50. The van der Waals surface area contributed by atoms with Crippen molar-refractivity contribution in [3.8, 4) is 11.8 Å². The van der Waals surface area contributed by atoms with Crippen LogP contribution in [0.1, 0.15) is 83.8 Å². The van der Waals surface area contributed by atoms with Crippen LogP contribution >= 0.6 is 11.3 Å². The van der Waals surface area contributed by atoms with Gasteiger partial charge in [0.15, 0.2) is 11.2 Å². The van der Waals surface area contributed by atoms with Crippen LogP contribution in [0.2, 0.25) is 0 Å². The predicted octanol–water partition coefficient (Wildman–Crippen LogP) is 6.20. The molecule has 1 atom stereocenters. The van der Waals surface area contributed by atoms with E-state index in [0.29, 0.717) is 33.4 Å². The Hall–Kier alpha value is -4.44. The zero-order valence-electron chi connectivity index (χ0n) is 27.2. The van der Waals surface area contributed by atoms with Crippen molar-refractivity contribution in [3.05, 3.63) is 93.6 Å². The highest BCUT2D eigenvalue weighted by molar-refractivity contribution is 7.13. The summed E-state index contributed by atoms with van der Waals surface area (Å²) < 4.78 is 32.9. The first-order valence-electron chi connectivity index (χ1n) is 16.8. The number of carbonyl (C=O) groups is 1. The molecule has 1 saturated carbocycles. The van der Waals surface area contributed by atoms with Crippen LogP contribution in [-0.4, -0.2) is 59.9 Å². The number of nitrogens with zero attached hydrogens (tertiary/aromatic N) is 6. The Bertz CT molecular complexity index is 2060. The predicted molar refractivity (Wildman–Crippen MR) is 184 cm³/mol. The minimum Gasteiger partial charge on any atom is -0.396 e. The highest BCUT2D eigenvalue weighted by Crippen LogP contribution is 2.52. The summed E-state index contributed by atoms with van der Waals surface area (Å²) in [5, 5.41) is 19.6. The number of aliphatic hydroxyl groups is 1. The van der Waals surface area contributed by atoms with E-state index in [1.807, 2.05) is 25.4 Å². The monoisotopic (exact) mass is 681 g/mol. The Morgan fingerprint density at radius 2 is 1.94 bits per heavy atom. The lowest BCUT2D eigenvalue weighted by atomic mass is 9.97. The quantitative estimate of drug-likeness (QED) is 0.189. The van der Waals surface area contributed by atoms with Gasteiger partial charge in [-0.15, -0.1) is 11.3 Å². The van der Waals surface area contributed by atoms with Crippen LogP contribution in [0.5, 0.6) is 0 Å². The zero-order valence-corrected chi connectivity index (χ0v) is 28.0. The maximum Gasteiger partial charge on any atom is 0.264 e. The zero-order chi connectivity index (χ0) is 33.7. The summed E-state index contributed by atoms with van der Waals surface area (Å²) in [5.74, 6) is 6.31. The fourth-order valence-corrected chi connectivity index (χ4v) is 7.95. The normalized spacial score (nSPS) is 17.7. The van der Waals surface area contributed by atoms with Gasteiger partial charge >= 0.3 is 0 Å². The first-order valence-corrected chi connectivity index (χ1v) is 17.7. The molecule has 3 aliphatic rings. The van der Waals surface area contributed by atoms with Gasteiger partial charge in [-0.2, -0.15) is 5.10 Å². The van der Waals surface area contributed by atoms with Crippen LogP contribution in [0, 0.1) is 24.7 Å². The van der Waals surface area contributed by atoms with Crippen molar-refractivity contribution in [1.82, 2.24) is 29.2 Å². The average Bonchev–Trinajstić information content (AvgIpc) is 3.51. The molecule has 9 nitrogen and oxygen atoms in total. The Labute approximate surface area is 287 Å². The molecule has 1 aliphatic carbocycles. The molecule has 2 aromatic carbocycles. The van der Waals surface area contributed by atoms with Gasteiger partial charge in [0.2, 0.25) is 0 Å². The molecule has 8 rings (SSSR count). The summed E-state index contributed by atoms with van der Waals surface area (Å²) in [5.41, 5.74) is 4.97. The van der Waals surface area contributed by atoms with Gasteiger partial charge in [0.1, 0.15) is 0 Å². The maximum absolute atomic E-state index is 14.6. The Morgan fingerprint density at radius 3 is 2.63 bits per heavy atom. The maximum atomic E-state index is 14.6. The van der Waals surface area contributed by atoms with E-state index in [1.54, 1.807) is 17.8 Å². The van der Waals surface area contributed by atoms with Gasteiger partial charge in [-0.05, 0) is 93.8 Å². The van der Waals surface area contributed by atoms with Gasteiger partial charge < -0.3 is 9.67 Å². The van der Waals surface area contributed by atoms with Crippen LogP contribution in [-0.2, 0) is 23.3 Å². The first kappa shape index (κ1) is 31.8. The van der Waals surface area contributed by atoms with Crippen molar-refractivity contribution in [2.45, 2.75) is 70.0 Å². The number of anilines is 1. The third-order valence-corrected chi connectivity index (χ3v) is 11.2. The van der Waals surface area contributed by atoms with E-state index in [4.69, 9.17) is 10.1 Å². The number of aryl methyl sites for hydroxylation is 1. The molecule has 0 bridgehead atoms. The largest absolute Gasteiger partial charge is 0.396 e. The molecule has 5 aromatic rings. The Morgan fingerprint density at radius 1 is 1.14 bits per heavy atom. The third kappa shape index (κ3) is 6.05. The minimum absolute atomic E-state index is 0.0944. The van der Waals surface area contributed by atoms with Crippen molar-refractivity contribution in [1.29, 1.82) is 0 Å². The number of alkyl halides is 2. The molecule has 12 heteroatoms.